The van der Waals surface area contributed by atoms with Crippen LogP contribution in [0, 0.1) is 0 Å². The summed E-state index contributed by atoms with van der Waals surface area (Å²) in [5, 5.41) is 3.28. The summed E-state index contributed by atoms with van der Waals surface area (Å²) in [5.74, 6) is 2.01. The van der Waals surface area contributed by atoms with Crippen molar-refractivity contribution >= 4 is 27.4 Å². The van der Waals surface area contributed by atoms with E-state index >= 15 is 0 Å². The van der Waals surface area contributed by atoms with E-state index in [9.17, 15) is 0 Å². The molecule has 2 aromatic heterocycles. The first kappa shape index (κ1) is 15.3. The number of rotatable bonds is 3. The lowest BCUT2D eigenvalue weighted by atomic mass is 9.88. The van der Waals surface area contributed by atoms with Crippen LogP contribution in [0.4, 0.5) is 5.82 Å². The number of aryl methyl sites for hydroxylation is 1. The summed E-state index contributed by atoms with van der Waals surface area (Å²) in [5.41, 5.74) is 0. The molecular formula is C17H23N3O2S. The van der Waals surface area contributed by atoms with Crippen molar-refractivity contribution in [1.29, 1.82) is 0 Å². The number of nitrogens with zero attached hydrogens (tertiary/aromatic N) is 3. The van der Waals surface area contributed by atoms with Gasteiger partial charge >= 0.3 is 0 Å². The van der Waals surface area contributed by atoms with Crippen molar-refractivity contribution in [3.05, 3.63) is 17.3 Å². The Kier molecular flexibility index (Phi) is 4.22. The molecule has 0 aromatic carbocycles. The molecule has 6 heteroatoms. The second-order valence-corrected chi connectivity index (χ2v) is 7.19. The topological polar surface area (TPSA) is 47.5 Å². The quantitative estimate of drug-likeness (QED) is 0.864. The average Bonchev–Trinajstić information content (AvgIpc) is 3.08. The summed E-state index contributed by atoms with van der Waals surface area (Å²) in [6, 6.07) is 2.50. The van der Waals surface area contributed by atoms with Crippen molar-refractivity contribution in [2.24, 2.45) is 0 Å². The maximum atomic E-state index is 6.04. The van der Waals surface area contributed by atoms with Gasteiger partial charge in [-0.1, -0.05) is 6.92 Å². The van der Waals surface area contributed by atoms with Crippen LogP contribution in [0.2, 0.25) is 0 Å². The van der Waals surface area contributed by atoms with E-state index < -0.39 is 0 Å². The predicted octanol–water partition coefficient (Wildman–Crippen LogP) is 3.03. The van der Waals surface area contributed by atoms with E-state index in [1.165, 1.54) is 5.39 Å². The molecule has 1 aliphatic heterocycles. The lowest BCUT2D eigenvalue weighted by Crippen LogP contribution is -2.55. The Bertz CT molecular complexity index is 690. The molecule has 1 aliphatic carbocycles. The average molecular weight is 333 g/mol. The number of ether oxygens (including phenoxy) is 2. The van der Waals surface area contributed by atoms with Gasteiger partial charge < -0.3 is 14.4 Å². The van der Waals surface area contributed by atoms with Crippen LogP contribution in [0.5, 0.6) is 0 Å². The molecule has 3 atom stereocenters. The lowest BCUT2D eigenvalue weighted by molar-refractivity contribution is -0.0472. The Hall–Kier alpha value is -1.24. The Morgan fingerprint density at radius 3 is 3.13 bits per heavy atom. The zero-order valence-electron chi connectivity index (χ0n) is 13.7. The first-order valence-electron chi connectivity index (χ1n) is 8.45. The minimum atomic E-state index is 0.295. The molecule has 0 spiro atoms. The molecule has 124 valence electrons. The number of thiophene rings is 1. The van der Waals surface area contributed by atoms with Crippen LogP contribution in [0.25, 0.3) is 10.2 Å². The van der Waals surface area contributed by atoms with Gasteiger partial charge in [-0.05, 0) is 30.7 Å². The van der Waals surface area contributed by atoms with Crippen molar-refractivity contribution < 1.29 is 9.47 Å². The first-order valence-corrected chi connectivity index (χ1v) is 9.33. The number of fused-ring (bicyclic) bond motifs is 2. The van der Waals surface area contributed by atoms with Crippen molar-refractivity contribution in [2.45, 2.75) is 50.9 Å². The van der Waals surface area contributed by atoms with Gasteiger partial charge in [-0.3, -0.25) is 0 Å². The highest BCUT2D eigenvalue weighted by Crippen LogP contribution is 2.36. The van der Waals surface area contributed by atoms with Crippen LogP contribution in [0.15, 0.2) is 11.4 Å². The zero-order chi connectivity index (χ0) is 15.8. The number of morpholine rings is 1. The molecule has 0 N–H and O–H groups in total. The third-order valence-electron chi connectivity index (χ3n) is 5.04. The second-order valence-electron chi connectivity index (χ2n) is 6.30. The number of hydrogen-bond donors (Lipinski definition) is 0. The third-order valence-corrected chi connectivity index (χ3v) is 5.85. The maximum Gasteiger partial charge on any atom is 0.141 e. The second kappa shape index (κ2) is 6.34. The monoisotopic (exact) mass is 333 g/mol. The Balaban J connectivity index is 1.74. The van der Waals surface area contributed by atoms with E-state index in [4.69, 9.17) is 14.5 Å². The standard InChI is InChI=1S/C17H23N3O2S/c1-3-15-18-16(12-6-9-23-17(12)19-15)20-7-8-22-14-5-4-11(21-2)10-13(14)20/h6,9,11,13-14H,3-5,7-8,10H2,1-2H3. The fourth-order valence-corrected chi connectivity index (χ4v) is 4.59. The van der Waals surface area contributed by atoms with E-state index in [0.29, 0.717) is 18.2 Å². The maximum absolute atomic E-state index is 6.04. The zero-order valence-corrected chi connectivity index (χ0v) is 14.5. The summed E-state index contributed by atoms with van der Waals surface area (Å²) in [6.07, 6.45) is 4.65. The highest BCUT2D eigenvalue weighted by molar-refractivity contribution is 7.16. The molecule has 1 saturated heterocycles. The van der Waals surface area contributed by atoms with Crippen LogP contribution >= 0.6 is 11.3 Å². The molecule has 3 heterocycles. The van der Waals surface area contributed by atoms with Gasteiger partial charge in [-0.2, -0.15) is 0 Å². The van der Waals surface area contributed by atoms with E-state index in [1.807, 2.05) is 7.11 Å². The van der Waals surface area contributed by atoms with Gasteiger partial charge in [0, 0.05) is 20.1 Å². The van der Waals surface area contributed by atoms with Gasteiger partial charge in [-0.15, -0.1) is 11.3 Å². The Morgan fingerprint density at radius 1 is 1.39 bits per heavy atom. The van der Waals surface area contributed by atoms with Gasteiger partial charge in [0.2, 0.25) is 0 Å². The van der Waals surface area contributed by atoms with Crippen molar-refractivity contribution in [2.75, 3.05) is 25.2 Å². The molecule has 4 rings (SSSR count). The van der Waals surface area contributed by atoms with Crippen LogP contribution < -0.4 is 4.90 Å². The predicted molar refractivity (Wildman–Crippen MR) is 92.3 cm³/mol. The summed E-state index contributed by atoms with van der Waals surface area (Å²) in [7, 11) is 1.82. The highest BCUT2D eigenvalue weighted by atomic mass is 32.1. The fraction of sp³-hybridized carbons (Fsp3) is 0.647. The Labute approximate surface area is 140 Å². The van der Waals surface area contributed by atoms with Gasteiger partial charge in [0.05, 0.1) is 30.2 Å². The highest BCUT2D eigenvalue weighted by Gasteiger charge is 2.39. The Morgan fingerprint density at radius 2 is 2.30 bits per heavy atom. The van der Waals surface area contributed by atoms with E-state index in [0.717, 1.165) is 55.3 Å². The molecule has 2 fully saturated rings. The number of hydrogen-bond acceptors (Lipinski definition) is 6. The molecule has 2 aliphatic rings. The van der Waals surface area contributed by atoms with Crippen molar-refractivity contribution in [3.8, 4) is 0 Å². The fourth-order valence-electron chi connectivity index (χ4n) is 3.81. The number of methoxy groups -OCH3 is 1. The van der Waals surface area contributed by atoms with Crippen LogP contribution in [0.3, 0.4) is 0 Å². The molecule has 2 aromatic rings. The molecule has 3 unspecified atom stereocenters. The molecule has 0 radical (unpaired) electrons. The van der Waals surface area contributed by atoms with Gasteiger partial charge in [0.15, 0.2) is 0 Å². The first-order chi connectivity index (χ1) is 11.3. The SMILES string of the molecule is CCc1nc(N2CCOC3CCC(OC)CC32)c2ccsc2n1. The van der Waals surface area contributed by atoms with Gasteiger partial charge in [0.1, 0.15) is 16.5 Å². The van der Waals surface area contributed by atoms with Crippen LogP contribution in [-0.2, 0) is 15.9 Å². The molecule has 5 nitrogen and oxygen atoms in total. The van der Waals surface area contributed by atoms with E-state index in [1.54, 1.807) is 11.3 Å². The largest absolute Gasteiger partial charge is 0.381 e. The van der Waals surface area contributed by atoms with E-state index in [2.05, 4.69) is 28.3 Å². The normalized spacial score (nSPS) is 28.1. The van der Waals surface area contributed by atoms with Crippen molar-refractivity contribution in [3.63, 3.8) is 0 Å². The summed E-state index contributed by atoms with van der Waals surface area (Å²) < 4.78 is 11.7. The van der Waals surface area contributed by atoms with Crippen molar-refractivity contribution in [1.82, 2.24) is 9.97 Å². The molecular weight excluding hydrogens is 310 g/mol. The minimum Gasteiger partial charge on any atom is -0.381 e. The minimum absolute atomic E-state index is 0.295. The number of aromatic nitrogens is 2. The summed E-state index contributed by atoms with van der Waals surface area (Å²) in [4.78, 5) is 13.1. The molecule has 0 amide bonds. The third kappa shape index (κ3) is 2.73. The van der Waals surface area contributed by atoms with Gasteiger partial charge in [0.25, 0.3) is 0 Å². The molecule has 1 saturated carbocycles. The molecule has 23 heavy (non-hydrogen) atoms. The van der Waals surface area contributed by atoms with E-state index in [-0.39, 0.29) is 0 Å². The number of anilines is 1. The summed E-state index contributed by atoms with van der Waals surface area (Å²) >= 11 is 1.70. The summed E-state index contributed by atoms with van der Waals surface area (Å²) in [6.45, 7) is 3.78. The molecule has 0 bridgehead atoms. The van der Waals surface area contributed by atoms with Crippen LogP contribution in [0.1, 0.15) is 32.0 Å². The van der Waals surface area contributed by atoms with Gasteiger partial charge in [-0.25, -0.2) is 9.97 Å². The van der Waals surface area contributed by atoms with Crippen LogP contribution in [-0.4, -0.2) is 48.5 Å². The lowest BCUT2D eigenvalue weighted by Gasteiger charge is -2.46. The smallest absolute Gasteiger partial charge is 0.141 e.